The molecule has 2 atom stereocenters. The molecule has 3 aromatic rings. The van der Waals surface area contributed by atoms with E-state index in [1.807, 2.05) is 52.9 Å². The summed E-state index contributed by atoms with van der Waals surface area (Å²) in [5.74, 6) is 2.31. The van der Waals surface area contributed by atoms with E-state index in [-0.39, 0.29) is 31.1 Å². The van der Waals surface area contributed by atoms with Gasteiger partial charge in [0.25, 0.3) is 0 Å². The third kappa shape index (κ3) is 7.31. The summed E-state index contributed by atoms with van der Waals surface area (Å²) >= 11 is 11.5. The predicted molar refractivity (Wildman–Crippen MR) is 148 cm³/mol. The maximum atomic E-state index is 10.3. The average Bonchev–Trinajstić information content (AvgIpc) is 3.20. The smallest absolute Gasteiger partial charge is 0.149 e. The molecule has 10 heteroatoms. The first-order valence-electron chi connectivity index (χ1n) is 11.2. The summed E-state index contributed by atoms with van der Waals surface area (Å²) in [6.45, 7) is 7.07. The first-order chi connectivity index (χ1) is 16.6. The van der Waals surface area contributed by atoms with E-state index in [1.165, 1.54) is 4.68 Å². The number of benzene rings is 2. The molecule has 1 aromatic heterocycles. The van der Waals surface area contributed by atoms with E-state index in [9.17, 15) is 10.2 Å². The molecule has 0 unspecified atom stereocenters. The van der Waals surface area contributed by atoms with Crippen molar-refractivity contribution < 1.29 is 19.7 Å². The fourth-order valence-electron chi connectivity index (χ4n) is 3.47. The number of hydrogen-bond acceptors (Lipinski definition) is 6. The summed E-state index contributed by atoms with van der Waals surface area (Å²) in [5, 5.41) is 27.6. The van der Waals surface area contributed by atoms with Gasteiger partial charge in [-0.2, -0.15) is 0 Å². The van der Waals surface area contributed by atoms with Crippen LogP contribution in [0.5, 0.6) is 11.5 Å². The first kappa shape index (κ1) is 28.2. The molecule has 35 heavy (non-hydrogen) atoms. The molecule has 0 fully saturated rings. The molecular weight excluding hydrogens is 649 g/mol. The highest BCUT2D eigenvalue weighted by Gasteiger charge is 2.24. The molecule has 0 spiro atoms. The van der Waals surface area contributed by atoms with E-state index in [0.717, 1.165) is 21.3 Å². The molecule has 0 radical (unpaired) electrons. The summed E-state index contributed by atoms with van der Waals surface area (Å²) in [6.07, 6.45) is -0.792. The fourth-order valence-corrected chi connectivity index (χ4v) is 4.60. The Hall–Kier alpha value is -1.40. The number of rotatable bonds is 12. The van der Waals surface area contributed by atoms with Crippen molar-refractivity contribution in [1.29, 1.82) is 0 Å². The summed E-state index contributed by atoms with van der Waals surface area (Å²) in [6, 6.07) is 14.0. The Morgan fingerprint density at radius 3 is 2.43 bits per heavy atom. The number of aliphatic hydroxyl groups excluding tert-OH is 2. The van der Waals surface area contributed by atoms with Crippen LogP contribution in [0.4, 0.5) is 0 Å². The lowest BCUT2D eigenvalue weighted by Gasteiger charge is -2.27. The number of nitrogens with zero attached hydrogens (tertiary/aromatic N) is 3. The van der Waals surface area contributed by atoms with Crippen LogP contribution < -0.4 is 9.47 Å². The van der Waals surface area contributed by atoms with E-state index in [1.54, 1.807) is 0 Å². The van der Waals surface area contributed by atoms with E-state index >= 15 is 0 Å². The highest BCUT2D eigenvalue weighted by atomic mass is 127. The molecule has 7 nitrogen and oxygen atoms in total. The number of aliphatic hydroxyl groups is 2. The third-order valence-electron chi connectivity index (χ3n) is 5.78. The summed E-state index contributed by atoms with van der Waals surface area (Å²) in [5.41, 5.74) is 2.61. The van der Waals surface area contributed by atoms with E-state index in [4.69, 9.17) is 21.1 Å². The van der Waals surface area contributed by atoms with Crippen LogP contribution in [0.2, 0.25) is 0 Å². The second kappa shape index (κ2) is 12.7. The van der Waals surface area contributed by atoms with Crippen LogP contribution in [0.3, 0.4) is 0 Å². The van der Waals surface area contributed by atoms with Crippen molar-refractivity contribution >= 4 is 50.1 Å². The molecule has 2 N–H and O–H groups in total. The monoisotopic (exact) mass is 677 g/mol. The van der Waals surface area contributed by atoms with Gasteiger partial charge in [0.2, 0.25) is 0 Å². The maximum absolute atomic E-state index is 10.3. The molecule has 190 valence electrons. The molecule has 0 aliphatic carbocycles. The number of halogens is 3. The molecule has 0 aliphatic heterocycles. The Bertz CT molecular complexity index is 1110. The molecule has 2 aromatic carbocycles. The molecule has 0 bridgehead atoms. The maximum Gasteiger partial charge on any atom is 0.149 e. The van der Waals surface area contributed by atoms with Crippen LogP contribution in [-0.4, -0.2) is 50.4 Å². The Labute approximate surface area is 233 Å². The van der Waals surface area contributed by atoms with E-state index < -0.39 is 6.10 Å². The minimum Gasteiger partial charge on any atom is -0.492 e. The van der Waals surface area contributed by atoms with Gasteiger partial charge in [0.1, 0.15) is 27.9 Å². The van der Waals surface area contributed by atoms with Crippen molar-refractivity contribution in [1.82, 2.24) is 15.0 Å². The van der Waals surface area contributed by atoms with Crippen LogP contribution in [0, 0.1) is 9.62 Å². The van der Waals surface area contributed by atoms with E-state index in [2.05, 4.69) is 59.1 Å². The minimum atomic E-state index is -0.792. The molecule has 0 saturated carbocycles. The van der Waals surface area contributed by atoms with Gasteiger partial charge in [-0.05, 0) is 73.9 Å². The fraction of sp³-hybridized carbons (Fsp3) is 0.440. The van der Waals surface area contributed by atoms with Crippen molar-refractivity contribution in [2.24, 2.45) is 5.92 Å². The van der Waals surface area contributed by atoms with Gasteiger partial charge in [-0.1, -0.05) is 44.2 Å². The topological polar surface area (TPSA) is 89.6 Å². The molecular formula is C25H30BrClIN3O4. The average molecular weight is 679 g/mol. The van der Waals surface area contributed by atoms with Gasteiger partial charge in [-0.15, -0.1) is 16.7 Å². The lowest BCUT2D eigenvalue weighted by Crippen LogP contribution is -2.25. The van der Waals surface area contributed by atoms with Crippen LogP contribution in [0.25, 0.3) is 0 Å². The molecule has 3 rings (SSSR count). The lowest BCUT2D eigenvalue weighted by molar-refractivity contribution is 0.0866. The molecule has 1 heterocycles. The Morgan fingerprint density at radius 1 is 1.11 bits per heavy atom. The van der Waals surface area contributed by atoms with E-state index in [0.29, 0.717) is 27.6 Å². The number of alkyl halides is 1. The number of ether oxygens (including phenoxy) is 2. The standard InChI is InChI=1S/C25H30BrClIN3O4/c1-16(11-27)14-35-23-9-6-18(10-21(23)26)25(2,3)17-4-7-20(8-5-17)34-15-19(33)12-31-22(13-32)24(28)29-30-31/h4-10,16,19,32-33H,11-15H2,1-3H3/t16-,19-/m1/s1. The second-order valence-electron chi connectivity index (χ2n) is 9.00. The zero-order chi connectivity index (χ0) is 25.6. The van der Waals surface area contributed by atoms with Crippen molar-refractivity contribution in [3.63, 3.8) is 0 Å². The summed E-state index contributed by atoms with van der Waals surface area (Å²) in [4.78, 5) is 0. The summed E-state index contributed by atoms with van der Waals surface area (Å²) in [7, 11) is 0. The molecule has 0 amide bonds. The Kier molecular flexibility index (Phi) is 10.2. The van der Waals surface area contributed by atoms with Crippen molar-refractivity contribution in [3.05, 3.63) is 67.5 Å². The minimum absolute atomic E-state index is 0.0980. The zero-order valence-corrected chi connectivity index (χ0v) is 24.4. The third-order valence-corrected chi connectivity index (χ3v) is 7.77. The van der Waals surface area contributed by atoms with Gasteiger partial charge in [0.05, 0.1) is 29.9 Å². The molecule has 0 aliphatic rings. The van der Waals surface area contributed by atoms with Crippen molar-refractivity contribution in [2.75, 3.05) is 19.1 Å². The van der Waals surface area contributed by atoms with Gasteiger partial charge in [0.15, 0.2) is 0 Å². The largest absolute Gasteiger partial charge is 0.492 e. The highest BCUT2D eigenvalue weighted by Crippen LogP contribution is 2.36. The highest BCUT2D eigenvalue weighted by molar-refractivity contribution is 14.1. The van der Waals surface area contributed by atoms with Crippen LogP contribution in [-0.2, 0) is 18.6 Å². The predicted octanol–water partition coefficient (Wildman–Crippen LogP) is 5.16. The van der Waals surface area contributed by atoms with Gasteiger partial charge in [-0.25, -0.2) is 4.68 Å². The van der Waals surface area contributed by atoms with Crippen LogP contribution in [0.1, 0.15) is 37.6 Å². The number of hydrogen-bond donors (Lipinski definition) is 2. The lowest BCUT2D eigenvalue weighted by atomic mass is 9.78. The summed E-state index contributed by atoms with van der Waals surface area (Å²) < 4.78 is 14.7. The number of aromatic nitrogens is 3. The van der Waals surface area contributed by atoms with Crippen LogP contribution >= 0.6 is 50.1 Å². The normalized spacial score (nSPS) is 13.5. The SMILES string of the molecule is C[C@H](CCl)COc1ccc(C(C)(C)c2ccc(OC[C@H](O)Cn3nnc(I)c3CO)cc2)cc1Br. The quantitative estimate of drug-likeness (QED) is 0.204. The first-order valence-corrected chi connectivity index (χ1v) is 13.6. The van der Waals surface area contributed by atoms with Crippen LogP contribution in [0.15, 0.2) is 46.9 Å². The molecule has 0 saturated heterocycles. The van der Waals surface area contributed by atoms with Gasteiger partial charge >= 0.3 is 0 Å². The zero-order valence-electron chi connectivity index (χ0n) is 19.9. The Balaban J connectivity index is 1.61. The van der Waals surface area contributed by atoms with Crippen molar-refractivity contribution in [2.45, 2.75) is 45.4 Å². The van der Waals surface area contributed by atoms with Gasteiger partial charge < -0.3 is 19.7 Å². The second-order valence-corrected chi connectivity index (χ2v) is 11.2. The van der Waals surface area contributed by atoms with Gasteiger partial charge in [0, 0.05) is 17.2 Å². The van der Waals surface area contributed by atoms with Crippen molar-refractivity contribution in [3.8, 4) is 11.5 Å². The Morgan fingerprint density at radius 2 is 1.80 bits per heavy atom. The van der Waals surface area contributed by atoms with Gasteiger partial charge in [-0.3, -0.25) is 0 Å².